The Morgan fingerprint density at radius 2 is 1.76 bits per heavy atom. The van der Waals surface area contributed by atoms with Crippen LogP contribution < -0.4 is 10.2 Å². The van der Waals surface area contributed by atoms with E-state index in [1.54, 1.807) is 12.4 Å². The topological polar surface area (TPSA) is 61.4 Å². The fraction of sp³-hybridized carbons (Fsp3) is 0.522. The molecule has 4 rings (SSSR count). The van der Waals surface area contributed by atoms with Crippen molar-refractivity contribution in [3.05, 3.63) is 54.4 Å². The van der Waals surface area contributed by atoms with Gasteiger partial charge in [0.05, 0.1) is 5.92 Å². The summed E-state index contributed by atoms with van der Waals surface area (Å²) in [7, 11) is 0. The van der Waals surface area contributed by atoms with Crippen LogP contribution in [0.15, 0.2) is 48.8 Å². The van der Waals surface area contributed by atoms with E-state index >= 15 is 0 Å². The third kappa shape index (κ3) is 5.32. The first-order valence-electron chi connectivity index (χ1n) is 10.9. The van der Waals surface area contributed by atoms with Gasteiger partial charge in [-0.25, -0.2) is 9.97 Å². The fourth-order valence-electron chi connectivity index (χ4n) is 4.56. The standard InChI is InChI=1S/C23H31N5O/c29-22(24-14-9-19-6-2-1-3-7-19)20-8-4-15-28(18-20)21-10-16-27(17-11-21)23-25-12-5-13-26-23/h1-3,5-7,12-13,20-21H,4,8-11,14-18H2,(H,24,29). The lowest BCUT2D eigenvalue weighted by molar-refractivity contribution is -0.127. The molecule has 3 heterocycles. The van der Waals surface area contributed by atoms with Crippen molar-refractivity contribution in [3.8, 4) is 0 Å². The molecule has 0 aliphatic carbocycles. The van der Waals surface area contributed by atoms with Gasteiger partial charge in [-0.05, 0) is 50.3 Å². The number of amides is 1. The van der Waals surface area contributed by atoms with E-state index in [0.29, 0.717) is 6.04 Å². The summed E-state index contributed by atoms with van der Waals surface area (Å²) >= 11 is 0. The van der Waals surface area contributed by atoms with Crippen LogP contribution in [0.4, 0.5) is 5.95 Å². The lowest BCUT2D eigenvalue weighted by Gasteiger charge is -2.42. The molecule has 2 aromatic rings. The molecule has 1 aromatic heterocycles. The average Bonchev–Trinajstić information content (AvgIpc) is 2.80. The molecule has 1 atom stereocenters. The number of aromatic nitrogens is 2. The van der Waals surface area contributed by atoms with E-state index in [9.17, 15) is 4.79 Å². The molecule has 0 bridgehead atoms. The second-order valence-electron chi connectivity index (χ2n) is 8.13. The van der Waals surface area contributed by atoms with E-state index in [1.807, 2.05) is 24.3 Å². The molecule has 1 unspecified atom stereocenters. The summed E-state index contributed by atoms with van der Waals surface area (Å²) in [4.78, 5) is 26.3. The van der Waals surface area contributed by atoms with E-state index in [0.717, 1.165) is 70.8 Å². The highest BCUT2D eigenvalue weighted by Gasteiger charge is 2.31. The molecule has 154 valence electrons. The lowest BCUT2D eigenvalue weighted by atomic mass is 9.93. The predicted octanol–water partition coefficient (Wildman–Crippen LogP) is 2.52. The van der Waals surface area contributed by atoms with E-state index in [4.69, 9.17) is 0 Å². The Hall–Kier alpha value is -2.47. The Labute approximate surface area is 173 Å². The van der Waals surface area contributed by atoms with Crippen LogP contribution in [-0.2, 0) is 11.2 Å². The van der Waals surface area contributed by atoms with Gasteiger partial charge >= 0.3 is 0 Å². The minimum Gasteiger partial charge on any atom is -0.355 e. The molecular formula is C23H31N5O. The van der Waals surface area contributed by atoms with Gasteiger partial charge < -0.3 is 10.2 Å². The number of anilines is 1. The zero-order valence-corrected chi connectivity index (χ0v) is 17.0. The zero-order chi connectivity index (χ0) is 19.9. The summed E-state index contributed by atoms with van der Waals surface area (Å²) in [5.41, 5.74) is 1.27. The Bertz CT molecular complexity index is 761. The largest absolute Gasteiger partial charge is 0.355 e. The Morgan fingerprint density at radius 3 is 2.52 bits per heavy atom. The van der Waals surface area contributed by atoms with Gasteiger partial charge in [0.2, 0.25) is 11.9 Å². The first-order valence-corrected chi connectivity index (χ1v) is 10.9. The molecular weight excluding hydrogens is 362 g/mol. The number of rotatable bonds is 6. The summed E-state index contributed by atoms with van der Waals surface area (Å²) in [5.74, 6) is 1.18. The van der Waals surface area contributed by atoms with Crippen molar-refractivity contribution in [2.45, 2.75) is 38.1 Å². The minimum atomic E-state index is 0.120. The van der Waals surface area contributed by atoms with Gasteiger partial charge in [0.15, 0.2) is 0 Å². The predicted molar refractivity (Wildman–Crippen MR) is 115 cm³/mol. The Morgan fingerprint density at radius 1 is 1.00 bits per heavy atom. The number of carbonyl (C=O) groups excluding carboxylic acids is 1. The number of hydrogen-bond acceptors (Lipinski definition) is 5. The van der Waals surface area contributed by atoms with Crippen molar-refractivity contribution in [2.24, 2.45) is 5.92 Å². The minimum absolute atomic E-state index is 0.120. The molecule has 6 nitrogen and oxygen atoms in total. The second-order valence-corrected chi connectivity index (χ2v) is 8.13. The van der Waals surface area contributed by atoms with E-state index in [1.165, 1.54) is 5.56 Å². The van der Waals surface area contributed by atoms with Gasteiger partial charge in [0.25, 0.3) is 0 Å². The summed E-state index contributed by atoms with van der Waals surface area (Å²) in [6, 6.07) is 12.8. The number of nitrogens with zero attached hydrogens (tertiary/aromatic N) is 4. The Balaban J connectivity index is 1.22. The maximum absolute atomic E-state index is 12.7. The molecule has 2 fully saturated rings. The highest BCUT2D eigenvalue weighted by atomic mass is 16.1. The van der Waals surface area contributed by atoms with Gasteiger partial charge in [0.1, 0.15) is 0 Å². The van der Waals surface area contributed by atoms with Gasteiger partial charge in [-0.2, -0.15) is 0 Å². The van der Waals surface area contributed by atoms with E-state index in [-0.39, 0.29) is 11.8 Å². The van der Waals surface area contributed by atoms with Gasteiger partial charge in [0, 0.05) is 44.6 Å². The monoisotopic (exact) mass is 393 g/mol. The number of nitrogens with one attached hydrogen (secondary N) is 1. The van der Waals surface area contributed by atoms with Crippen LogP contribution in [0.25, 0.3) is 0 Å². The van der Waals surface area contributed by atoms with Crippen molar-refractivity contribution in [1.82, 2.24) is 20.2 Å². The highest BCUT2D eigenvalue weighted by Crippen LogP contribution is 2.25. The Kier molecular flexibility index (Phi) is 6.72. The van der Waals surface area contributed by atoms with Crippen molar-refractivity contribution in [3.63, 3.8) is 0 Å². The highest BCUT2D eigenvalue weighted by molar-refractivity contribution is 5.79. The van der Waals surface area contributed by atoms with Crippen molar-refractivity contribution >= 4 is 11.9 Å². The fourth-order valence-corrected chi connectivity index (χ4v) is 4.56. The summed E-state index contributed by atoms with van der Waals surface area (Å²) in [6.45, 7) is 4.69. The van der Waals surface area contributed by atoms with Crippen LogP contribution in [0.5, 0.6) is 0 Å². The van der Waals surface area contributed by atoms with Crippen LogP contribution in [0, 0.1) is 5.92 Å². The molecule has 29 heavy (non-hydrogen) atoms. The van der Waals surface area contributed by atoms with Crippen LogP contribution in [0.3, 0.4) is 0 Å². The van der Waals surface area contributed by atoms with Crippen LogP contribution in [0.1, 0.15) is 31.2 Å². The number of carbonyl (C=O) groups is 1. The maximum Gasteiger partial charge on any atom is 0.225 e. The maximum atomic E-state index is 12.7. The van der Waals surface area contributed by atoms with Gasteiger partial charge in [-0.3, -0.25) is 9.69 Å². The molecule has 0 radical (unpaired) electrons. The molecule has 2 saturated heterocycles. The third-order valence-corrected chi connectivity index (χ3v) is 6.20. The van der Waals surface area contributed by atoms with Crippen molar-refractivity contribution in [2.75, 3.05) is 37.6 Å². The molecule has 1 aromatic carbocycles. The molecule has 0 spiro atoms. The van der Waals surface area contributed by atoms with Gasteiger partial charge in [-0.15, -0.1) is 0 Å². The smallest absolute Gasteiger partial charge is 0.225 e. The number of likely N-dealkylation sites (tertiary alicyclic amines) is 1. The molecule has 0 saturated carbocycles. The zero-order valence-electron chi connectivity index (χ0n) is 17.0. The van der Waals surface area contributed by atoms with Crippen LogP contribution in [-0.4, -0.2) is 59.5 Å². The van der Waals surface area contributed by atoms with Crippen molar-refractivity contribution in [1.29, 1.82) is 0 Å². The molecule has 2 aliphatic rings. The van der Waals surface area contributed by atoms with Gasteiger partial charge in [-0.1, -0.05) is 30.3 Å². The molecule has 1 amide bonds. The normalized spacial score (nSPS) is 21.1. The summed E-state index contributed by atoms with van der Waals surface area (Å²) in [5, 5.41) is 3.16. The number of benzene rings is 1. The second kappa shape index (κ2) is 9.83. The average molecular weight is 394 g/mol. The van der Waals surface area contributed by atoms with Crippen LogP contribution >= 0.6 is 0 Å². The van der Waals surface area contributed by atoms with E-state index in [2.05, 4.69) is 37.2 Å². The molecule has 1 N–H and O–H groups in total. The lowest BCUT2D eigenvalue weighted by Crippen LogP contribution is -2.51. The third-order valence-electron chi connectivity index (χ3n) is 6.20. The SMILES string of the molecule is O=C(NCCc1ccccc1)C1CCCN(C2CCN(c3ncccn3)CC2)C1. The number of hydrogen-bond donors (Lipinski definition) is 1. The summed E-state index contributed by atoms with van der Waals surface area (Å²) in [6.07, 6.45) is 8.84. The number of piperidine rings is 2. The quantitative estimate of drug-likeness (QED) is 0.817. The molecule has 6 heteroatoms. The molecule has 2 aliphatic heterocycles. The first kappa shape index (κ1) is 19.8. The van der Waals surface area contributed by atoms with E-state index < -0.39 is 0 Å². The first-order chi connectivity index (χ1) is 14.3. The van der Waals surface area contributed by atoms with Crippen LogP contribution in [0.2, 0.25) is 0 Å². The van der Waals surface area contributed by atoms with Crippen molar-refractivity contribution < 1.29 is 4.79 Å². The summed E-state index contributed by atoms with van der Waals surface area (Å²) < 4.78 is 0.